The molecule has 0 heterocycles. The molecule has 0 unspecified atom stereocenters. The van der Waals surface area contributed by atoms with E-state index >= 15 is 0 Å². The molecule has 0 amide bonds. The summed E-state index contributed by atoms with van der Waals surface area (Å²) in [5.74, 6) is -7.30. The Kier molecular flexibility index (Phi) is 70.8. The summed E-state index contributed by atoms with van der Waals surface area (Å²) in [5.41, 5.74) is 0. The Morgan fingerprint density at radius 1 is 0.529 bits per heavy atom. The van der Waals surface area contributed by atoms with Crippen molar-refractivity contribution in [2.75, 3.05) is 0 Å². The van der Waals surface area contributed by atoms with Crippen LogP contribution in [0.15, 0.2) is 0 Å². The van der Waals surface area contributed by atoms with E-state index < -0.39 is 23.9 Å². The Labute approximate surface area is 237 Å². The van der Waals surface area contributed by atoms with Crippen molar-refractivity contribution in [3.8, 4) is 0 Å². The molecule has 0 aromatic heterocycles. The third kappa shape index (κ3) is 45.0. The van der Waals surface area contributed by atoms with Crippen molar-refractivity contribution in [1.29, 1.82) is 0 Å². The van der Waals surface area contributed by atoms with E-state index in [1.54, 1.807) is 0 Å². The minimum atomic E-state index is -1.82. The molecule has 0 saturated heterocycles. The van der Waals surface area contributed by atoms with Crippen LogP contribution in [-0.4, -0.2) is 224 Å². The summed E-state index contributed by atoms with van der Waals surface area (Å²) in [7, 11) is 0. The Balaban J connectivity index is -0.0000000182. The molecule has 0 bridgehead atoms. The van der Waals surface area contributed by atoms with Crippen LogP contribution in [0.1, 0.15) is 0 Å². The fourth-order valence-electron chi connectivity index (χ4n) is 0. The number of hydrogen-bond donors (Lipinski definition) is 4. The van der Waals surface area contributed by atoms with Crippen LogP contribution in [0.25, 0.3) is 0 Å². The van der Waals surface area contributed by atoms with Crippen LogP contribution in [-0.2, 0) is 19.2 Å². The molecule has 0 aliphatic rings. The van der Waals surface area contributed by atoms with Crippen molar-refractivity contribution in [1.82, 2.24) is 0 Å². The molecule has 4 N–H and O–H groups in total. The first-order valence-electron chi connectivity index (χ1n) is 2.21. The van der Waals surface area contributed by atoms with Crippen LogP contribution in [0.5, 0.6) is 0 Å². The van der Waals surface area contributed by atoms with Gasteiger partial charge in [-0.1, -0.05) is 0 Å². The summed E-state index contributed by atoms with van der Waals surface area (Å²) < 4.78 is 0. The van der Waals surface area contributed by atoms with Gasteiger partial charge < -0.3 is 20.4 Å². The van der Waals surface area contributed by atoms with Crippen molar-refractivity contribution in [3.63, 3.8) is 0 Å². The normalized spacial score (nSPS) is 5.18. The van der Waals surface area contributed by atoms with Gasteiger partial charge in [0.2, 0.25) is 0 Å². The summed E-state index contributed by atoms with van der Waals surface area (Å²) in [6.45, 7) is 0. The van der Waals surface area contributed by atoms with Gasteiger partial charge in [-0.15, -0.1) is 0 Å². The van der Waals surface area contributed by atoms with E-state index in [9.17, 15) is 0 Å². The SMILES string of the molecule is O=C(O)C(=O)O.O=C(O)C(=O)O.[CaH2].[CaH2].[NaH].[NaH].[SrH2]. The molecule has 0 fully saturated rings. The Bertz CT molecular complexity index is 190. The minimum absolute atomic E-state index is 0. The number of aliphatic carboxylic acids is 4. The molecule has 0 aliphatic carbocycles. The molecule has 0 aliphatic heterocycles. The molecular weight excluding hydrogens is 390 g/mol. The number of rotatable bonds is 0. The predicted molar refractivity (Wildman–Crippen MR) is 70.5 cm³/mol. The third-order valence-corrected chi connectivity index (χ3v) is 0.366. The van der Waals surface area contributed by atoms with Crippen molar-refractivity contribution >= 4 is 204 Å². The van der Waals surface area contributed by atoms with Crippen molar-refractivity contribution in [2.45, 2.75) is 0 Å². The first-order chi connectivity index (χ1) is 5.29. The summed E-state index contributed by atoms with van der Waals surface area (Å²) >= 11 is 0. The first-order valence-corrected chi connectivity index (χ1v) is 2.21. The number of carboxylic acid groups (broad SMARTS) is 4. The van der Waals surface area contributed by atoms with Crippen LogP contribution in [0.4, 0.5) is 0 Å². The van der Waals surface area contributed by atoms with Gasteiger partial charge in [-0.3, -0.25) is 0 Å². The van der Waals surface area contributed by atoms with Gasteiger partial charge in [0.15, 0.2) is 0 Å². The zero-order chi connectivity index (χ0) is 10.3. The standard InChI is InChI=1S/2C2H2O4.2Ca.2Na.Sr.8H/c2*3-1(4)2(5)6;;;;;;;;;;;;;/h2*(H,3,4)(H,5,6);;;;;;;;;;;;;. The second kappa shape index (κ2) is 28.1. The van der Waals surface area contributed by atoms with E-state index in [0.717, 1.165) is 0 Å². The molecule has 84 valence electrons. The average molecular weight is 402 g/mol. The Hall–Kier alpha value is 3.88. The second-order valence-corrected chi connectivity index (χ2v) is 1.22. The van der Waals surface area contributed by atoms with Gasteiger partial charge in [0.05, 0.1) is 0 Å². The number of carbonyl (C=O) groups is 4. The zero-order valence-corrected chi connectivity index (χ0v) is 5.42. The topological polar surface area (TPSA) is 149 Å². The summed E-state index contributed by atoms with van der Waals surface area (Å²) in [5, 5.41) is 29.6. The first kappa shape index (κ1) is 42.8. The van der Waals surface area contributed by atoms with Gasteiger partial charge in [0.25, 0.3) is 0 Å². The van der Waals surface area contributed by atoms with Gasteiger partial charge in [0.1, 0.15) is 0 Å². The van der Waals surface area contributed by atoms with Gasteiger partial charge in [0, 0.05) is 0 Å². The molecule has 0 saturated carbocycles. The van der Waals surface area contributed by atoms with E-state index in [1.807, 2.05) is 0 Å². The van der Waals surface area contributed by atoms with Crippen molar-refractivity contribution in [2.24, 2.45) is 0 Å². The van der Waals surface area contributed by atoms with E-state index in [1.165, 1.54) is 0 Å². The van der Waals surface area contributed by atoms with Gasteiger partial charge in [-0.25, -0.2) is 19.2 Å². The van der Waals surface area contributed by atoms with Crippen molar-refractivity contribution in [3.05, 3.63) is 0 Å². The van der Waals surface area contributed by atoms with E-state index in [-0.39, 0.29) is 180 Å². The fraction of sp³-hybridized carbons (Fsp3) is 0. The molecule has 17 heavy (non-hydrogen) atoms. The molecule has 0 spiro atoms. The monoisotopic (exact) mass is 402 g/mol. The predicted octanol–water partition coefficient (Wildman–Crippen LogP) is -5.73. The zero-order valence-electron chi connectivity index (χ0n) is 5.42. The maximum atomic E-state index is 9.10. The molecule has 0 aromatic rings. The van der Waals surface area contributed by atoms with Crippen LogP contribution in [0.3, 0.4) is 0 Å². The van der Waals surface area contributed by atoms with Crippen LogP contribution in [0, 0.1) is 0 Å². The Morgan fingerprint density at radius 3 is 0.588 bits per heavy atom. The molecule has 8 nitrogen and oxygen atoms in total. The molecule has 13 heteroatoms. The summed E-state index contributed by atoms with van der Waals surface area (Å²) in [4.78, 5) is 36.4. The number of hydrogen-bond acceptors (Lipinski definition) is 4. The second-order valence-electron chi connectivity index (χ2n) is 1.22. The van der Waals surface area contributed by atoms with Gasteiger partial charge >= 0.3 is 204 Å². The van der Waals surface area contributed by atoms with E-state index in [2.05, 4.69) is 0 Å². The molecule has 0 radical (unpaired) electrons. The summed E-state index contributed by atoms with van der Waals surface area (Å²) in [6, 6.07) is 0. The molecule has 0 atom stereocenters. The Morgan fingerprint density at radius 2 is 0.588 bits per heavy atom. The third-order valence-electron chi connectivity index (χ3n) is 0.366. The fourth-order valence-corrected chi connectivity index (χ4v) is 0. The maximum absolute atomic E-state index is 9.10. The van der Waals surface area contributed by atoms with E-state index in [4.69, 9.17) is 39.6 Å². The number of carboxylic acids is 4. The van der Waals surface area contributed by atoms with Gasteiger partial charge in [-0.05, 0) is 0 Å². The average Bonchev–Trinajstić information content (AvgIpc) is 1.88. The molecule has 0 rings (SSSR count). The molecular formula is C4H12Ca2Na2O8Sr. The quantitative estimate of drug-likeness (QED) is 0.232. The van der Waals surface area contributed by atoms with Crippen LogP contribution >= 0.6 is 0 Å². The van der Waals surface area contributed by atoms with Gasteiger partial charge in [-0.2, -0.15) is 0 Å². The van der Waals surface area contributed by atoms with Crippen LogP contribution in [0.2, 0.25) is 0 Å². The summed E-state index contributed by atoms with van der Waals surface area (Å²) in [6.07, 6.45) is 0. The van der Waals surface area contributed by atoms with Crippen LogP contribution < -0.4 is 0 Å². The van der Waals surface area contributed by atoms with E-state index in [0.29, 0.717) is 0 Å². The van der Waals surface area contributed by atoms with Crippen molar-refractivity contribution < 1.29 is 39.6 Å². The molecule has 0 aromatic carbocycles.